The lowest BCUT2D eigenvalue weighted by Gasteiger charge is -1.98. The Morgan fingerprint density at radius 2 is 1.76 bits per heavy atom. The molecule has 0 radical (unpaired) electrons. The lowest BCUT2D eigenvalue weighted by molar-refractivity contribution is 1.39. The average Bonchev–Trinajstić information content (AvgIpc) is 3.16. The van der Waals surface area contributed by atoms with Gasteiger partial charge in [0.2, 0.25) is 0 Å². The Labute approximate surface area is 127 Å². The number of H-pyrrole nitrogens is 1. The van der Waals surface area contributed by atoms with Crippen molar-refractivity contribution < 1.29 is 0 Å². The first-order chi connectivity index (χ1) is 10.3. The second kappa shape index (κ2) is 4.86. The number of nitrogens with zero attached hydrogens (tertiary/aromatic N) is 1. The molecule has 1 N–H and O–H groups in total. The summed E-state index contributed by atoms with van der Waals surface area (Å²) >= 11 is 1.69. The van der Waals surface area contributed by atoms with Crippen LogP contribution >= 0.6 is 11.3 Å². The Morgan fingerprint density at radius 3 is 2.62 bits per heavy atom. The van der Waals surface area contributed by atoms with E-state index in [2.05, 4.69) is 65.8 Å². The fraction of sp³-hybridized carbons (Fsp3) is 0.0556. The largest absolute Gasteiger partial charge is 0.361 e. The molecule has 0 aliphatic heterocycles. The minimum atomic E-state index is 1.03. The predicted octanol–water partition coefficient (Wildman–Crippen LogP) is 5.27. The van der Waals surface area contributed by atoms with E-state index in [0.29, 0.717) is 0 Å². The molecule has 21 heavy (non-hydrogen) atoms. The van der Waals surface area contributed by atoms with E-state index in [0.717, 1.165) is 21.8 Å². The summed E-state index contributed by atoms with van der Waals surface area (Å²) in [5, 5.41) is 4.42. The molecule has 0 fully saturated rings. The van der Waals surface area contributed by atoms with Crippen LogP contribution in [0.1, 0.15) is 5.56 Å². The van der Waals surface area contributed by atoms with E-state index in [1.807, 2.05) is 6.20 Å². The summed E-state index contributed by atoms with van der Waals surface area (Å²) in [5.74, 6) is 0. The maximum Gasteiger partial charge on any atom is 0.124 e. The highest BCUT2D eigenvalue weighted by atomic mass is 32.1. The van der Waals surface area contributed by atoms with Gasteiger partial charge in [0.25, 0.3) is 0 Å². The zero-order valence-electron chi connectivity index (χ0n) is 11.6. The molecule has 0 unspecified atom stereocenters. The van der Waals surface area contributed by atoms with Crippen LogP contribution in [0.5, 0.6) is 0 Å². The summed E-state index contributed by atoms with van der Waals surface area (Å²) < 4.78 is 0. The zero-order chi connectivity index (χ0) is 14.2. The first-order valence-corrected chi connectivity index (χ1v) is 7.78. The van der Waals surface area contributed by atoms with E-state index in [1.165, 1.54) is 16.5 Å². The molecular weight excluding hydrogens is 276 g/mol. The van der Waals surface area contributed by atoms with Gasteiger partial charge in [0.1, 0.15) is 5.01 Å². The van der Waals surface area contributed by atoms with Crippen LogP contribution in [-0.2, 0) is 0 Å². The molecule has 2 nitrogen and oxygen atoms in total. The van der Waals surface area contributed by atoms with Gasteiger partial charge in [-0.15, -0.1) is 11.3 Å². The van der Waals surface area contributed by atoms with Crippen molar-refractivity contribution in [1.82, 2.24) is 9.97 Å². The Bertz CT molecular complexity index is 900. The summed E-state index contributed by atoms with van der Waals surface area (Å²) in [4.78, 5) is 8.03. The van der Waals surface area contributed by atoms with Crippen LogP contribution in [0, 0.1) is 6.92 Å². The van der Waals surface area contributed by atoms with Crippen LogP contribution in [0.3, 0.4) is 0 Å². The molecule has 0 amide bonds. The van der Waals surface area contributed by atoms with Crippen LogP contribution in [0.25, 0.3) is 32.7 Å². The Morgan fingerprint density at radius 1 is 0.952 bits per heavy atom. The number of fused-ring (bicyclic) bond motifs is 1. The van der Waals surface area contributed by atoms with Gasteiger partial charge in [-0.1, -0.05) is 42.0 Å². The summed E-state index contributed by atoms with van der Waals surface area (Å²) in [6, 6.07) is 17.0. The molecule has 0 aliphatic rings. The molecule has 3 heteroatoms. The van der Waals surface area contributed by atoms with Gasteiger partial charge in [0, 0.05) is 28.2 Å². The van der Waals surface area contributed by atoms with Gasteiger partial charge in [-0.05, 0) is 24.4 Å². The number of hydrogen-bond donors (Lipinski definition) is 1. The quantitative estimate of drug-likeness (QED) is 0.535. The van der Waals surface area contributed by atoms with Crippen molar-refractivity contribution in [2.24, 2.45) is 0 Å². The van der Waals surface area contributed by atoms with Crippen molar-refractivity contribution in [2.45, 2.75) is 6.92 Å². The van der Waals surface area contributed by atoms with Crippen LogP contribution in [0.2, 0.25) is 0 Å². The molecule has 0 aliphatic carbocycles. The smallest absolute Gasteiger partial charge is 0.124 e. The normalized spacial score (nSPS) is 11.1. The van der Waals surface area contributed by atoms with Crippen LogP contribution < -0.4 is 0 Å². The number of thiazole rings is 1. The molecular formula is C18H14N2S. The van der Waals surface area contributed by atoms with E-state index in [-0.39, 0.29) is 0 Å². The fourth-order valence-electron chi connectivity index (χ4n) is 2.44. The van der Waals surface area contributed by atoms with Gasteiger partial charge in [-0.2, -0.15) is 0 Å². The molecule has 4 rings (SSSR count). The molecule has 2 aromatic carbocycles. The van der Waals surface area contributed by atoms with E-state index >= 15 is 0 Å². The number of rotatable bonds is 2. The highest BCUT2D eigenvalue weighted by Gasteiger charge is 2.07. The molecule has 2 aromatic heterocycles. The summed E-state index contributed by atoms with van der Waals surface area (Å²) in [6.45, 7) is 2.10. The maximum atomic E-state index is 4.78. The molecule has 102 valence electrons. The van der Waals surface area contributed by atoms with Crippen molar-refractivity contribution in [3.63, 3.8) is 0 Å². The van der Waals surface area contributed by atoms with E-state index in [4.69, 9.17) is 4.98 Å². The number of aromatic amines is 1. The van der Waals surface area contributed by atoms with Gasteiger partial charge in [-0.25, -0.2) is 4.98 Å². The lowest BCUT2D eigenvalue weighted by Crippen LogP contribution is -1.80. The van der Waals surface area contributed by atoms with Crippen molar-refractivity contribution >= 4 is 22.2 Å². The van der Waals surface area contributed by atoms with E-state index < -0.39 is 0 Å². The third kappa shape index (κ3) is 2.26. The first-order valence-electron chi connectivity index (χ1n) is 6.90. The fourth-order valence-corrected chi connectivity index (χ4v) is 3.28. The summed E-state index contributed by atoms with van der Waals surface area (Å²) in [6.07, 6.45) is 1.97. The van der Waals surface area contributed by atoms with Gasteiger partial charge >= 0.3 is 0 Å². The second-order valence-corrected chi connectivity index (χ2v) is 6.04. The highest BCUT2D eigenvalue weighted by molar-refractivity contribution is 7.13. The molecule has 2 heterocycles. The number of aryl methyl sites for hydroxylation is 1. The highest BCUT2D eigenvalue weighted by Crippen LogP contribution is 2.30. The SMILES string of the molecule is Cc1ccc(-c2nc(-c3ccc4cc[nH]c4c3)cs2)cc1. The third-order valence-corrected chi connectivity index (χ3v) is 4.54. The minimum absolute atomic E-state index is 1.03. The van der Waals surface area contributed by atoms with Crippen molar-refractivity contribution in [1.29, 1.82) is 0 Å². The number of benzene rings is 2. The third-order valence-electron chi connectivity index (χ3n) is 3.65. The average molecular weight is 290 g/mol. The predicted molar refractivity (Wildman–Crippen MR) is 89.6 cm³/mol. The van der Waals surface area contributed by atoms with Crippen molar-refractivity contribution in [2.75, 3.05) is 0 Å². The van der Waals surface area contributed by atoms with Gasteiger partial charge < -0.3 is 4.98 Å². The van der Waals surface area contributed by atoms with E-state index in [9.17, 15) is 0 Å². The molecule has 0 saturated carbocycles. The van der Waals surface area contributed by atoms with Gasteiger partial charge in [0.15, 0.2) is 0 Å². The lowest BCUT2D eigenvalue weighted by atomic mass is 10.1. The van der Waals surface area contributed by atoms with Crippen molar-refractivity contribution in [3.05, 3.63) is 65.7 Å². The summed E-state index contributed by atoms with van der Waals surface area (Å²) in [7, 11) is 0. The number of hydrogen-bond acceptors (Lipinski definition) is 2. The maximum absolute atomic E-state index is 4.78. The van der Waals surface area contributed by atoms with Gasteiger partial charge in [-0.3, -0.25) is 0 Å². The molecule has 0 atom stereocenters. The molecule has 4 aromatic rings. The van der Waals surface area contributed by atoms with Gasteiger partial charge in [0.05, 0.1) is 5.69 Å². The van der Waals surface area contributed by atoms with Crippen LogP contribution in [-0.4, -0.2) is 9.97 Å². The number of nitrogens with one attached hydrogen (secondary N) is 1. The Hall–Kier alpha value is -2.39. The molecule has 0 saturated heterocycles. The number of aromatic nitrogens is 2. The Balaban J connectivity index is 1.74. The molecule has 0 spiro atoms. The summed E-state index contributed by atoms with van der Waals surface area (Å²) in [5.41, 5.74) is 5.79. The monoisotopic (exact) mass is 290 g/mol. The van der Waals surface area contributed by atoms with Crippen molar-refractivity contribution in [3.8, 4) is 21.8 Å². The van der Waals surface area contributed by atoms with Crippen LogP contribution in [0.15, 0.2) is 60.1 Å². The Kier molecular flexibility index (Phi) is 2.86. The molecule has 0 bridgehead atoms. The second-order valence-electron chi connectivity index (χ2n) is 5.18. The minimum Gasteiger partial charge on any atom is -0.361 e. The van der Waals surface area contributed by atoms with E-state index in [1.54, 1.807) is 11.3 Å². The topological polar surface area (TPSA) is 28.7 Å². The zero-order valence-corrected chi connectivity index (χ0v) is 12.4. The standard InChI is InChI=1S/C18H14N2S/c1-12-2-4-14(5-3-12)18-20-17(11-21-18)15-7-6-13-8-9-19-16(13)10-15/h2-11,19H,1H3. The van der Waals surface area contributed by atoms with Crippen LogP contribution in [0.4, 0.5) is 0 Å². The first kappa shape index (κ1) is 12.4.